The maximum absolute atomic E-state index is 11.6. The van der Waals surface area contributed by atoms with Crippen molar-refractivity contribution >= 4 is 6.09 Å². The fraction of sp³-hybridized carbons (Fsp3) is 0.400. The standard InChI is InChI=1S/C15H21NO2/c1-4-8-14(12(2)3)16-15(17)18-11-13-9-6-5-7-10-13/h4-7,9-10,12,14H,1,8,11H2,2-3H3,(H,16,17)/t14-/m1/s1. The van der Waals surface area contributed by atoms with Crippen molar-refractivity contribution in [3.63, 3.8) is 0 Å². The number of hydrogen-bond donors (Lipinski definition) is 1. The van der Waals surface area contributed by atoms with Crippen LogP contribution in [0.1, 0.15) is 25.8 Å². The van der Waals surface area contributed by atoms with E-state index in [0.717, 1.165) is 12.0 Å². The Kier molecular flexibility index (Phi) is 5.98. The molecule has 98 valence electrons. The largest absolute Gasteiger partial charge is 0.445 e. The number of rotatable bonds is 6. The van der Waals surface area contributed by atoms with Gasteiger partial charge in [-0.05, 0) is 17.9 Å². The quantitative estimate of drug-likeness (QED) is 0.781. The van der Waals surface area contributed by atoms with Crippen LogP contribution >= 0.6 is 0 Å². The molecule has 0 radical (unpaired) electrons. The normalized spacial score (nSPS) is 11.9. The zero-order valence-corrected chi connectivity index (χ0v) is 11.1. The Morgan fingerprint density at radius 3 is 2.61 bits per heavy atom. The molecule has 0 unspecified atom stereocenters. The van der Waals surface area contributed by atoms with Gasteiger partial charge in [-0.3, -0.25) is 0 Å². The number of carbonyl (C=O) groups excluding carboxylic acids is 1. The summed E-state index contributed by atoms with van der Waals surface area (Å²) in [6.45, 7) is 8.11. The second-order valence-corrected chi connectivity index (χ2v) is 4.58. The van der Waals surface area contributed by atoms with E-state index in [1.807, 2.05) is 36.4 Å². The minimum atomic E-state index is -0.376. The Labute approximate surface area is 109 Å². The van der Waals surface area contributed by atoms with E-state index < -0.39 is 0 Å². The van der Waals surface area contributed by atoms with Gasteiger partial charge in [0.25, 0.3) is 0 Å². The van der Waals surface area contributed by atoms with Crippen LogP contribution in [0, 0.1) is 5.92 Å². The molecule has 0 aromatic heterocycles. The van der Waals surface area contributed by atoms with Crippen LogP contribution < -0.4 is 5.32 Å². The highest BCUT2D eigenvalue weighted by atomic mass is 16.5. The Morgan fingerprint density at radius 1 is 1.39 bits per heavy atom. The summed E-state index contributed by atoms with van der Waals surface area (Å²) in [6.07, 6.45) is 2.18. The smallest absolute Gasteiger partial charge is 0.407 e. The Balaban J connectivity index is 2.38. The summed E-state index contributed by atoms with van der Waals surface area (Å²) >= 11 is 0. The van der Waals surface area contributed by atoms with E-state index in [4.69, 9.17) is 4.74 Å². The lowest BCUT2D eigenvalue weighted by molar-refractivity contribution is 0.133. The van der Waals surface area contributed by atoms with Gasteiger partial charge in [0.2, 0.25) is 0 Å². The number of hydrogen-bond acceptors (Lipinski definition) is 2. The van der Waals surface area contributed by atoms with E-state index >= 15 is 0 Å². The number of carbonyl (C=O) groups is 1. The predicted octanol–water partition coefficient (Wildman–Crippen LogP) is 3.51. The second kappa shape index (κ2) is 7.54. The van der Waals surface area contributed by atoms with Crippen molar-refractivity contribution in [3.05, 3.63) is 48.6 Å². The molecule has 0 aliphatic carbocycles. The maximum Gasteiger partial charge on any atom is 0.407 e. The molecule has 0 aliphatic heterocycles. The molecule has 1 aromatic carbocycles. The number of nitrogens with one attached hydrogen (secondary N) is 1. The van der Waals surface area contributed by atoms with Gasteiger partial charge in [0, 0.05) is 6.04 Å². The molecule has 0 aliphatic rings. The fourth-order valence-electron chi connectivity index (χ4n) is 1.59. The third-order valence-electron chi connectivity index (χ3n) is 2.74. The van der Waals surface area contributed by atoms with Crippen LogP contribution in [0.25, 0.3) is 0 Å². The van der Waals surface area contributed by atoms with E-state index in [1.54, 1.807) is 0 Å². The molecule has 1 aromatic rings. The van der Waals surface area contributed by atoms with Gasteiger partial charge in [0.05, 0.1) is 0 Å². The van der Waals surface area contributed by atoms with Crippen molar-refractivity contribution in [2.24, 2.45) is 5.92 Å². The predicted molar refractivity (Wildman–Crippen MR) is 73.2 cm³/mol. The first kappa shape index (κ1) is 14.3. The lowest BCUT2D eigenvalue weighted by Gasteiger charge is -2.20. The number of alkyl carbamates (subject to hydrolysis) is 1. The molecule has 0 heterocycles. The third-order valence-corrected chi connectivity index (χ3v) is 2.74. The van der Waals surface area contributed by atoms with Crippen molar-refractivity contribution in [2.45, 2.75) is 32.9 Å². The summed E-state index contributed by atoms with van der Waals surface area (Å²) < 4.78 is 5.17. The van der Waals surface area contributed by atoms with E-state index in [9.17, 15) is 4.79 Å². The van der Waals surface area contributed by atoms with Crippen molar-refractivity contribution < 1.29 is 9.53 Å². The number of ether oxygens (including phenoxy) is 1. The van der Waals surface area contributed by atoms with Crippen LogP contribution in [-0.4, -0.2) is 12.1 Å². The summed E-state index contributed by atoms with van der Waals surface area (Å²) in [7, 11) is 0. The molecule has 1 rings (SSSR count). The lowest BCUT2D eigenvalue weighted by Crippen LogP contribution is -2.38. The van der Waals surface area contributed by atoms with E-state index in [1.165, 1.54) is 0 Å². The fourth-order valence-corrected chi connectivity index (χ4v) is 1.59. The number of benzene rings is 1. The van der Waals surface area contributed by atoms with Gasteiger partial charge in [-0.15, -0.1) is 6.58 Å². The van der Waals surface area contributed by atoms with Crippen molar-refractivity contribution in [3.8, 4) is 0 Å². The number of amides is 1. The van der Waals surface area contributed by atoms with E-state index in [0.29, 0.717) is 12.5 Å². The van der Waals surface area contributed by atoms with Gasteiger partial charge in [0.15, 0.2) is 0 Å². The molecule has 0 saturated carbocycles. The SMILES string of the molecule is C=CC[C@@H](NC(=O)OCc1ccccc1)C(C)C. The first-order valence-corrected chi connectivity index (χ1v) is 6.21. The molecule has 0 fully saturated rings. The summed E-state index contributed by atoms with van der Waals surface area (Å²) in [4.78, 5) is 11.6. The van der Waals surface area contributed by atoms with Gasteiger partial charge in [-0.2, -0.15) is 0 Å². The Morgan fingerprint density at radius 2 is 2.06 bits per heavy atom. The summed E-state index contributed by atoms with van der Waals surface area (Å²) in [5.41, 5.74) is 0.984. The Hall–Kier alpha value is -1.77. The van der Waals surface area contributed by atoms with E-state index in [-0.39, 0.29) is 12.1 Å². The minimum Gasteiger partial charge on any atom is -0.445 e. The molecule has 1 atom stereocenters. The summed E-state index contributed by atoms with van der Waals surface area (Å²) in [5, 5.41) is 2.86. The summed E-state index contributed by atoms with van der Waals surface area (Å²) in [5.74, 6) is 0.354. The average molecular weight is 247 g/mol. The molecular formula is C15H21NO2. The third kappa shape index (κ3) is 5.04. The molecule has 1 amide bonds. The molecule has 0 bridgehead atoms. The van der Waals surface area contributed by atoms with Gasteiger partial charge < -0.3 is 10.1 Å². The molecule has 18 heavy (non-hydrogen) atoms. The topological polar surface area (TPSA) is 38.3 Å². The minimum absolute atomic E-state index is 0.0748. The zero-order valence-electron chi connectivity index (χ0n) is 11.1. The van der Waals surface area contributed by atoms with Crippen LogP contribution in [0.2, 0.25) is 0 Å². The highest BCUT2D eigenvalue weighted by molar-refractivity contribution is 5.67. The lowest BCUT2D eigenvalue weighted by atomic mass is 10.0. The molecule has 3 nitrogen and oxygen atoms in total. The molecule has 0 spiro atoms. The van der Waals surface area contributed by atoms with E-state index in [2.05, 4.69) is 25.7 Å². The second-order valence-electron chi connectivity index (χ2n) is 4.58. The highest BCUT2D eigenvalue weighted by Gasteiger charge is 2.15. The van der Waals surface area contributed by atoms with Gasteiger partial charge in [-0.25, -0.2) is 4.79 Å². The zero-order chi connectivity index (χ0) is 13.4. The Bertz CT molecular complexity index is 373. The van der Waals surface area contributed by atoms with Crippen molar-refractivity contribution in [2.75, 3.05) is 0 Å². The highest BCUT2D eigenvalue weighted by Crippen LogP contribution is 2.07. The molecule has 3 heteroatoms. The monoisotopic (exact) mass is 247 g/mol. The van der Waals surface area contributed by atoms with Gasteiger partial charge in [0.1, 0.15) is 6.61 Å². The van der Waals surface area contributed by atoms with Crippen molar-refractivity contribution in [1.29, 1.82) is 0 Å². The first-order valence-electron chi connectivity index (χ1n) is 6.21. The van der Waals surface area contributed by atoms with Crippen LogP contribution in [0.5, 0.6) is 0 Å². The van der Waals surface area contributed by atoms with Crippen LogP contribution in [-0.2, 0) is 11.3 Å². The van der Waals surface area contributed by atoms with Crippen LogP contribution in [0.15, 0.2) is 43.0 Å². The van der Waals surface area contributed by atoms with Gasteiger partial charge >= 0.3 is 6.09 Å². The molecule has 1 N–H and O–H groups in total. The van der Waals surface area contributed by atoms with Gasteiger partial charge in [-0.1, -0.05) is 50.3 Å². The molecule has 0 saturated heterocycles. The molecular weight excluding hydrogens is 226 g/mol. The summed E-state index contributed by atoms with van der Waals surface area (Å²) in [6, 6.07) is 9.71. The van der Waals surface area contributed by atoms with Crippen LogP contribution in [0.3, 0.4) is 0 Å². The average Bonchev–Trinajstić information content (AvgIpc) is 2.37. The maximum atomic E-state index is 11.6. The van der Waals surface area contributed by atoms with Crippen LogP contribution in [0.4, 0.5) is 4.79 Å². The van der Waals surface area contributed by atoms with Crippen molar-refractivity contribution in [1.82, 2.24) is 5.32 Å². The first-order chi connectivity index (χ1) is 8.63.